The summed E-state index contributed by atoms with van der Waals surface area (Å²) >= 11 is 1.68. The molecular formula is C83H129ClN9O4S5-. The monoisotopic (exact) mass is 1510 g/mol. The summed E-state index contributed by atoms with van der Waals surface area (Å²) in [5, 5.41) is 16.6. The number of alkyl carbamates (subject to hydrolysis) is 2. The lowest BCUT2D eigenvalue weighted by molar-refractivity contribution is -0.0581. The van der Waals surface area contributed by atoms with Crippen molar-refractivity contribution in [3.05, 3.63) is 96.5 Å². The lowest BCUT2D eigenvalue weighted by Gasteiger charge is -2.58. The number of nitrogens with two attached hydrogens (primary N) is 2. The summed E-state index contributed by atoms with van der Waals surface area (Å²) in [6.45, 7) is 26.9. The average Bonchev–Trinajstić information content (AvgIpc) is 1.41. The number of amidine groups is 1. The Morgan fingerprint density at radius 1 is 0.618 bits per heavy atom. The van der Waals surface area contributed by atoms with E-state index in [1.54, 1.807) is 78.5 Å². The van der Waals surface area contributed by atoms with Crippen molar-refractivity contribution in [1.82, 2.24) is 25.6 Å². The van der Waals surface area contributed by atoms with Crippen molar-refractivity contribution in [2.45, 2.75) is 263 Å². The number of nitrogens with one attached hydrogen (secondary N) is 3. The van der Waals surface area contributed by atoms with Gasteiger partial charge in [0.15, 0.2) is 0 Å². The summed E-state index contributed by atoms with van der Waals surface area (Å²) in [5.41, 5.74) is 16.4. The second-order valence-electron chi connectivity index (χ2n) is 33.2. The number of ether oxygens (including phenoxy) is 2. The highest BCUT2D eigenvalue weighted by Crippen LogP contribution is 2.69. The fourth-order valence-corrected chi connectivity index (χ4v) is 25.2. The number of carbonyl (C=O) groups excluding carboxylic acids is 2. The first-order chi connectivity index (χ1) is 48.6. The summed E-state index contributed by atoms with van der Waals surface area (Å²) in [4.78, 5) is 41.9. The van der Waals surface area contributed by atoms with Gasteiger partial charge >= 0.3 is 12.2 Å². The van der Waals surface area contributed by atoms with Gasteiger partial charge < -0.3 is 44.0 Å². The number of aromatic nitrogens is 3. The smallest absolute Gasteiger partial charge is 0.407 e. The third kappa shape index (κ3) is 23.1. The maximum Gasteiger partial charge on any atom is 0.407 e. The van der Waals surface area contributed by atoms with Crippen molar-refractivity contribution in [2.75, 3.05) is 37.7 Å². The number of allylic oxidation sites excluding steroid dienone is 2. The van der Waals surface area contributed by atoms with Crippen LogP contribution < -0.4 is 34.5 Å². The molecule has 0 spiro atoms. The average molecular weight is 1510 g/mol. The highest BCUT2D eigenvalue weighted by molar-refractivity contribution is 8.77. The molecule has 7 N–H and O–H groups in total. The van der Waals surface area contributed by atoms with Crippen LogP contribution in [0, 0.1) is 98.1 Å². The molecule has 9 aliphatic rings. The number of thioether (sulfide) groups is 1. The van der Waals surface area contributed by atoms with Gasteiger partial charge in [-0.1, -0.05) is 160 Å². The first-order valence-electron chi connectivity index (χ1n) is 39.5. The van der Waals surface area contributed by atoms with Crippen LogP contribution >= 0.6 is 54.9 Å². The van der Waals surface area contributed by atoms with Gasteiger partial charge in [0, 0.05) is 63.2 Å². The van der Waals surface area contributed by atoms with E-state index in [9.17, 15) is 9.59 Å². The van der Waals surface area contributed by atoms with E-state index >= 15 is 0 Å². The number of carbonyl (C=O) groups is 2. The minimum absolute atomic E-state index is 0. The van der Waals surface area contributed by atoms with Crippen molar-refractivity contribution in [3.63, 3.8) is 0 Å². The zero-order chi connectivity index (χ0) is 72.0. The highest BCUT2D eigenvalue weighted by atomic mass is 35.5. The molecule has 13 nitrogen and oxygen atoms in total. The zero-order valence-electron chi connectivity index (χ0n) is 63.8. The molecule has 8 aliphatic carbocycles. The van der Waals surface area contributed by atoms with Crippen molar-refractivity contribution < 1.29 is 31.5 Å². The molecule has 1 saturated heterocycles. The lowest BCUT2D eigenvalue weighted by atomic mass is 9.47. The Labute approximate surface area is 642 Å². The molecule has 3 aromatic rings. The van der Waals surface area contributed by atoms with Crippen LogP contribution in [0.4, 0.5) is 9.59 Å². The number of pyridine rings is 3. The number of aliphatic imine (C=N–C) groups is 1. The molecule has 568 valence electrons. The zero-order valence-corrected chi connectivity index (χ0v) is 68.6. The summed E-state index contributed by atoms with van der Waals surface area (Å²) in [5.74, 6) is 13.0. The second-order valence-corrected chi connectivity index (χ2v) is 39.0. The first-order valence-corrected chi connectivity index (χ1v) is 44.9. The summed E-state index contributed by atoms with van der Waals surface area (Å²) in [6, 6.07) is 17.7. The van der Waals surface area contributed by atoms with E-state index in [1.807, 2.05) is 60.8 Å². The van der Waals surface area contributed by atoms with Crippen molar-refractivity contribution in [1.29, 1.82) is 5.41 Å². The molecule has 6 saturated carbocycles. The first kappa shape index (κ1) is 84.2. The maximum absolute atomic E-state index is 12.7. The van der Waals surface area contributed by atoms with Gasteiger partial charge in [-0.25, -0.2) is 24.5 Å². The van der Waals surface area contributed by atoms with Gasteiger partial charge in [-0.05, 0) is 276 Å². The topological polar surface area (TPSA) is 204 Å². The Balaban J connectivity index is 0.000000206. The number of hydrogen-bond donors (Lipinski definition) is 5. The van der Waals surface area contributed by atoms with Crippen LogP contribution in [-0.4, -0.2) is 87.9 Å². The molecule has 2 amide bonds. The quantitative estimate of drug-likeness (QED) is 0.0167. The summed E-state index contributed by atoms with van der Waals surface area (Å²) in [6.07, 6.45) is 42.2. The Kier molecular flexibility index (Phi) is 34.1. The van der Waals surface area contributed by atoms with Crippen LogP contribution in [-0.2, 0) is 9.47 Å². The number of hydrogen-bond acceptors (Lipinski definition) is 15. The summed E-state index contributed by atoms with van der Waals surface area (Å²) in [7, 11) is 6.70. The molecule has 0 radical (unpaired) electrons. The van der Waals surface area contributed by atoms with Crippen LogP contribution in [0.15, 0.2) is 117 Å². The van der Waals surface area contributed by atoms with Crippen LogP contribution in [0.25, 0.3) is 0 Å². The normalized spacial score (nSPS) is 31.1. The van der Waals surface area contributed by atoms with Gasteiger partial charge in [-0.3, -0.25) is 10.4 Å². The lowest BCUT2D eigenvalue weighted by Crippen LogP contribution is -3.00. The molecule has 16 unspecified atom stereocenters. The molecule has 7 fully saturated rings. The van der Waals surface area contributed by atoms with Crippen LogP contribution in [0.1, 0.15) is 236 Å². The number of halogens is 1. The summed E-state index contributed by atoms with van der Waals surface area (Å²) < 4.78 is 11.7. The molecule has 16 atom stereocenters. The number of amides is 2. The van der Waals surface area contributed by atoms with Gasteiger partial charge in [-0.2, -0.15) is 0 Å². The predicted molar refractivity (Wildman–Crippen MR) is 430 cm³/mol. The minimum Gasteiger partial charge on any atom is -1.00 e. The van der Waals surface area contributed by atoms with Crippen molar-refractivity contribution >= 4 is 78.0 Å². The Morgan fingerprint density at radius 2 is 1.09 bits per heavy atom. The van der Waals surface area contributed by atoms with E-state index in [-0.39, 0.29) is 42.2 Å². The van der Waals surface area contributed by atoms with E-state index in [2.05, 4.69) is 112 Å². The SMILES string of the molecule is CC(C)CCCC(C)C1CCC2C3CC=C4CC(OC(=O)NCCN)CCC4(C)C3CCC12C.CC(C)CCCC(C)C1CCC2C3CC=C4CC(OC(=O)NCCN=C(N)CCCSSc5ccccn5)CCC4(C)C3CCC12C.N=C1CCCS1.[Cl-].c1ccc(SSc2ccccn2)nc1. The standard InChI is InChI=1S/C39H62N4O2S2.C30H52N2O2.C10H8N2S2.C4H7NS.ClH/c1-27(2)10-8-11-28(3)32-16-17-33-31-15-14-29-26-30(18-20-38(29,4)34(31)19-21-39(32,33)5)45-37(44)43-24-23-41-35(40)12-9-25-46-47-36-13-6-7-22-42-36;1-20(2)7-6-8-21(3)25-11-12-26-24-10-9-22-19-23(34-28(33)32-18-17-31)13-15-29(22,4)27(24)14-16-30(25,26)5;1-3-7-11-9(5-1)13-14-10-6-2-4-8-12-10;5-4-2-1-3-6-4;/h6-7,13-14,22,27-28,30-34H,8-12,15-21,23-26H2,1-5H3,(H2,40,41)(H,43,44);9,20-21,23-27H,6-8,10-19,31H2,1-5H3,(H,32,33);1-8H;5H,1-3H2;1H/p-1. The van der Waals surface area contributed by atoms with E-state index in [1.165, 1.54) is 115 Å². The van der Waals surface area contributed by atoms with Gasteiger partial charge in [0.1, 0.15) is 27.3 Å². The molecule has 4 heterocycles. The maximum atomic E-state index is 12.7. The van der Waals surface area contributed by atoms with E-state index in [4.69, 9.17) is 26.4 Å². The van der Waals surface area contributed by atoms with Crippen LogP contribution in [0.5, 0.6) is 0 Å². The molecule has 0 bridgehead atoms. The number of rotatable bonds is 26. The van der Waals surface area contributed by atoms with Gasteiger partial charge in [0.2, 0.25) is 0 Å². The van der Waals surface area contributed by atoms with Gasteiger partial charge in [-0.15, -0.1) is 11.8 Å². The van der Waals surface area contributed by atoms with Gasteiger partial charge in [0.05, 0.1) is 17.4 Å². The fraction of sp³-hybridized carbons (Fsp3) is 0.723. The fourth-order valence-electron chi connectivity index (χ4n) is 20.7. The molecule has 0 aromatic carbocycles. The molecule has 3 aromatic heterocycles. The van der Waals surface area contributed by atoms with E-state index < -0.39 is 0 Å². The van der Waals surface area contributed by atoms with E-state index in [0.29, 0.717) is 48.3 Å². The Morgan fingerprint density at radius 3 is 1.50 bits per heavy atom. The predicted octanol–water partition coefficient (Wildman–Crippen LogP) is 18.9. The van der Waals surface area contributed by atoms with Crippen molar-refractivity contribution in [3.8, 4) is 0 Å². The number of nitrogens with zero attached hydrogens (tertiary/aromatic N) is 4. The molecule has 19 heteroatoms. The van der Waals surface area contributed by atoms with Crippen LogP contribution in [0.3, 0.4) is 0 Å². The van der Waals surface area contributed by atoms with Gasteiger partial charge in [0.25, 0.3) is 0 Å². The number of fused-ring (bicyclic) bond motifs is 10. The third-order valence-corrected chi connectivity index (χ3v) is 31.5. The largest absolute Gasteiger partial charge is 1.00 e. The Hall–Kier alpha value is -3.39. The highest BCUT2D eigenvalue weighted by Gasteiger charge is 2.61. The molecular weight excluding hydrogens is 1380 g/mol. The van der Waals surface area contributed by atoms with Crippen LogP contribution in [0.2, 0.25) is 0 Å². The second kappa shape index (κ2) is 41.3. The van der Waals surface area contributed by atoms with Crippen molar-refractivity contribution in [2.24, 2.45) is 109 Å². The minimum atomic E-state index is -0.322. The Bertz CT molecular complexity index is 3090. The van der Waals surface area contributed by atoms with E-state index in [0.717, 1.165) is 155 Å². The molecule has 102 heavy (non-hydrogen) atoms. The molecule has 12 rings (SSSR count). The third-order valence-electron chi connectivity index (χ3n) is 25.9. The molecule has 1 aliphatic heterocycles.